The van der Waals surface area contributed by atoms with E-state index in [2.05, 4.69) is 24.1 Å². The van der Waals surface area contributed by atoms with Crippen molar-refractivity contribution in [1.29, 1.82) is 0 Å². The Morgan fingerprint density at radius 1 is 1.48 bits per heavy atom. The monoisotopic (exact) mass is 319 g/mol. The Balaban J connectivity index is 2.04. The molecule has 0 aliphatic heterocycles. The van der Waals surface area contributed by atoms with Gasteiger partial charge in [-0.15, -0.1) is 0 Å². The van der Waals surface area contributed by atoms with Gasteiger partial charge in [-0.3, -0.25) is 4.98 Å². The van der Waals surface area contributed by atoms with Crippen LogP contribution in [0, 0.1) is 19.3 Å². The van der Waals surface area contributed by atoms with Crippen molar-refractivity contribution in [2.24, 2.45) is 5.41 Å². The lowest BCUT2D eigenvalue weighted by atomic mass is 9.87. The summed E-state index contributed by atoms with van der Waals surface area (Å²) in [6.45, 7) is 8.88. The zero-order valence-corrected chi connectivity index (χ0v) is 15.2. The van der Waals surface area contributed by atoms with Crippen LogP contribution < -0.4 is 10.1 Å². The normalized spacial score (nSPS) is 19.5. The quantitative estimate of drug-likeness (QED) is 0.925. The number of ether oxygens (including phenoxy) is 1. The second-order valence-corrected chi connectivity index (χ2v) is 7.29. The number of carbonyl (C=O) groups is 1. The van der Waals surface area contributed by atoms with Gasteiger partial charge < -0.3 is 15.0 Å². The summed E-state index contributed by atoms with van der Waals surface area (Å²) in [7, 11) is 3.47. The molecule has 0 saturated heterocycles. The van der Waals surface area contributed by atoms with Gasteiger partial charge in [0.15, 0.2) is 0 Å². The molecule has 2 amide bonds. The first-order valence-electron chi connectivity index (χ1n) is 8.27. The fraction of sp³-hybridized carbons (Fsp3) is 0.667. The summed E-state index contributed by atoms with van der Waals surface area (Å²) in [5.74, 6) is 0.848. The molecule has 1 saturated carbocycles. The van der Waals surface area contributed by atoms with E-state index in [1.165, 1.54) is 6.42 Å². The van der Waals surface area contributed by atoms with Crippen molar-refractivity contribution in [2.75, 3.05) is 14.2 Å². The third-order valence-electron chi connectivity index (χ3n) is 5.04. The number of aromatic nitrogens is 1. The molecule has 2 rings (SSSR count). The van der Waals surface area contributed by atoms with Gasteiger partial charge in [-0.1, -0.05) is 20.3 Å². The lowest BCUT2D eigenvalue weighted by Crippen LogP contribution is -2.46. The van der Waals surface area contributed by atoms with E-state index < -0.39 is 0 Å². The Kier molecular flexibility index (Phi) is 5.17. The maximum absolute atomic E-state index is 12.5. The molecule has 1 atom stereocenters. The average molecular weight is 319 g/mol. The first-order chi connectivity index (χ1) is 10.8. The smallest absolute Gasteiger partial charge is 0.317 e. The van der Waals surface area contributed by atoms with Crippen molar-refractivity contribution in [3.05, 3.63) is 23.0 Å². The number of aryl methyl sites for hydroxylation is 1. The van der Waals surface area contributed by atoms with E-state index in [4.69, 9.17) is 4.74 Å². The second kappa shape index (κ2) is 6.77. The molecule has 0 aromatic carbocycles. The standard InChI is InChI=1S/C18H29N3O2/c1-12-10-19-14(13(2)16(12)23-6)11-21(5)17(22)20-15-8-7-9-18(15,3)4/h10,15H,7-9,11H2,1-6H3,(H,20,22). The van der Waals surface area contributed by atoms with E-state index in [0.717, 1.165) is 35.4 Å². The van der Waals surface area contributed by atoms with Crippen LogP contribution in [0.25, 0.3) is 0 Å². The van der Waals surface area contributed by atoms with Crippen molar-refractivity contribution in [3.8, 4) is 5.75 Å². The summed E-state index contributed by atoms with van der Waals surface area (Å²) in [5.41, 5.74) is 3.05. The molecular formula is C18H29N3O2. The molecular weight excluding hydrogens is 290 g/mol. The van der Waals surface area contributed by atoms with E-state index in [0.29, 0.717) is 6.54 Å². The number of hydrogen-bond donors (Lipinski definition) is 1. The molecule has 0 spiro atoms. The highest BCUT2D eigenvalue weighted by atomic mass is 16.5. The molecule has 1 aliphatic carbocycles. The Morgan fingerprint density at radius 3 is 2.74 bits per heavy atom. The van der Waals surface area contributed by atoms with Crippen molar-refractivity contribution in [2.45, 2.75) is 59.5 Å². The molecule has 1 aromatic rings. The molecule has 0 bridgehead atoms. The minimum atomic E-state index is -0.0364. The van der Waals surface area contributed by atoms with Crippen LogP contribution in [0.15, 0.2) is 6.20 Å². The summed E-state index contributed by atoms with van der Waals surface area (Å²) in [4.78, 5) is 18.6. The van der Waals surface area contributed by atoms with Gasteiger partial charge in [0.25, 0.3) is 0 Å². The molecule has 5 heteroatoms. The van der Waals surface area contributed by atoms with Gasteiger partial charge in [-0.05, 0) is 32.1 Å². The lowest BCUT2D eigenvalue weighted by molar-refractivity contribution is 0.190. The number of carbonyl (C=O) groups excluding carboxylic acids is 1. The minimum absolute atomic E-state index is 0.0364. The highest BCUT2D eigenvalue weighted by molar-refractivity contribution is 5.74. The van der Waals surface area contributed by atoms with E-state index in [1.807, 2.05) is 20.9 Å². The molecule has 1 aliphatic rings. The van der Waals surface area contributed by atoms with Crippen molar-refractivity contribution >= 4 is 6.03 Å². The molecule has 1 aromatic heterocycles. The Bertz CT molecular complexity index is 584. The zero-order chi connectivity index (χ0) is 17.2. The SMILES string of the molecule is COc1c(C)cnc(CN(C)C(=O)NC2CCCC2(C)C)c1C. The molecule has 1 heterocycles. The van der Waals surface area contributed by atoms with Gasteiger partial charge in [0.1, 0.15) is 5.75 Å². The number of rotatable bonds is 4. The van der Waals surface area contributed by atoms with Crippen LogP contribution in [0.5, 0.6) is 5.75 Å². The van der Waals surface area contributed by atoms with Crippen LogP contribution in [0.4, 0.5) is 4.79 Å². The molecule has 23 heavy (non-hydrogen) atoms. The maximum Gasteiger partial charge on any atom is 0.317 e. The fourth-order valence-electron chi connectivity index (χ4n) is 3.38. The Hall–Kier alpha value is -1.78. The van der Waals surface area contributed by atoms with E-state index in [-0.39, 0.29) is 17.5 Å². The highest BCUT2D eigenvalue weighted by Crippen LogP contribution is 2.37. The first kappa shape index (κ1) is 17.6. The zero-order valence-electron chi connectivity index (χ0n) is 15.2. The van der Waals surface area contributed by atoms with Crippen LogP contribution in [0.2, 0.25) is 0 Å². The first-order valence-corrected chi connectivity index (χ1v) is 8.27. The number of pyridine rings is 1. The van der Waals surface area contributed by atoms with Crippen molar-refractivity contribution < 1.29 is 9.53 Å². The van der Waals surface area contributed by atoms with E-state index in [1.54, 1.807) is 18.2 Å². The van der Waals surface area contributed by atoms with Gasteiger partial charge in [0, 0.05) is 30.4 Å². The fourth-order valence-corrected chi connectivity index (χ4v) is 3.38. The van der Waals surface area contributed by atoms with Gasteiger partial charge >= 0.3 is 6.03 Å². The third-order valence-corrected chi connectivity index (χ3v) is 5.04. The summed E-state index contributed by atoms with van der Waals surface area (Å²) in [5, 5.41) is 3.18. The molecule has 1 unspecified atom stereocenters. The number of nitrogens with one attached hydrogen (secondary N) is 1. The summed E-state index contributed by atoms with van der Waals surface area (Å²) < 4.78 is 5.43. The molecule has 5 nitrogen and oxygen atoms in total. The molecule has 0 radical (unpaired) electrons. The second-order valence-electron chi connectivity index (χ2n) is 7.29. The predicted molar refractivity (Wildman–Crippen MR) is 91.7 cm³/mol. The van der Waals surface area contributed by atoms with E-state index >= 15 is 0 Å². The maximum atomic E-state index is 12.5. The van der Waals surface area contributed by atoms with Crippen LogP contribution in [-0.4, -0.2) is 36.1 Å². The van der Waals surface area contributed by atoms with Crippen LogP contribution in [-0.2, 0) is 6.54 Å². The topological polar surface area (TPSA) is 54.5 Å². The number of methoxy groups -OCH3 is 1. The van der Waals surface area contributed by atoms with E-state index in [9.17, 15) is 4.79 Å². The largest absolute Gasteiger partial charge is 0.496 e. The van der Waals surface area contributed by atoms with Gasteiger partial charge in [0.2, 0.25) is 0 Å². The average Bonchev–Trinajstić information content (AvgIpc) is 2.81. The number of urea groups is 1. The summed E-state index contributed by atoms with van der Waals surface area (Å²) in [6, 6.07) is 0.213. The van der Waals surface area contributed by atoms with Gasteiger partial charge in [-0.2, -0.15) is 0 Å². The van der Waals surface area contributed by atoms with Crippen LogP contribution in [0.3, 0.4) is 0 Å². The molecule has 128 valence electrons. The lowest BCUT2D eigenvalue weighted by Gasteiger charge is -2.30. The third kappa shape index (κ3) is 3.77. The molecule has 1 fully saturated rings. The van der Waals surface area contributed by atoms with Gasteiger partial charge in [0.05, 0.1) is 19.3 Å². The minimum Gasteiger partial charge on any atom is -0.496 e. The Morgan fingerprint density at radius 2 is 2.17 bits per heavy atom. The Labute approximate surface area is 139 Å². The summed E-state index contributed by atoms with van der Waals surface area (Å²) in [6.07, 6.45) is 5.20. The van der Waals surface area contributed by atoms with Crippen molar-refractivity contribution in [1.82, 2.24) is 15.2 Å². The van der Waals surface area contributed by atoms with Crippen LogP contribution in [0.1, 0.15) is 49.9 Å². The molecule has 1 N–H and O–H groups in total. The van der Waals surface area contributed by atoms with Crippen molar-refractivity contribution in [3.63, 3.8) is 0 Å². The summed E-state index contributed by atoms with van der Waals surface area (Å²) >= 11 is 0. The predicted octanol–water partition coefficient (Wildman–Crippen LogP) is 3.43. The number of nitrogens with zero attached hydrogens (tertiary/aromatic N) is 2. The number of amides is 2. The highest BCUT2D eigenvalue weighted by Gasteiger charge is 2.35. The number of hydrogen-bond acceptors (Lipinski definition) is 3. The van der Waals surface area contributed by atoms with Crippen LogP contribution >= 0.6 is 0 Å². The van der Waals surface area contributed by atoms with Gasteiger partial charge in [-0.25, -0.2) is 4.79 Å².